The van der Waals surface area contributed by atoms with Crippen LogP contribution in [0, 0.1) is 0 Å². The Morgan fingerprint density at radius 3 is 3.35 bits per heavy atom. The fraction of sp³-hybridized carbons (Fsp3) is 0.714. The summed E-state index contributed by atoms with van der Waals surface area (Å²) in [6, 6.07) is 2.47. The summed E-state index contributed by atoms with van der Waals surface area (Å²) in [4.78, 5) is 10.8. The first-order chi connectivity index (χ1) is 9.85. The normalized spacial score (nSPS) is 26.2. The summed E-state index contributed by atoms with van der Waals surface area (Å²) in [5, 5.41) is 3.31. The van der Waals surface area contributed by atoms with E-state index in [1.807, 2.05) is 13.0 Å². The molecule has 0 amide bonds. The van der Waals surface area contributed by atoms with Gasteiger partial charge in [0.25, 0.3) is 0 Å². The summed E-state index contributed by atoms with van der Waals surface area (Å²) in [7, 11) is 0. The van der Waals surface area contributed by atoms with Crippen molar-refractivity contribution in [2.24, 2.45) is 0 Å². The molecule has 1 aromatic heterocycles. The molecule has 20 heavy (non-hydrogen) atoms. The van der Waals surface area contributed by atoms with Crippen LogP contribution in [0.5, 0.6) is 5.88 Å². The minimum atomic E-state index is 0.231. The van der Waals surface area contributed by atoms with Gasteiger partial charge in [-0.1, -0.05) is 0 Å². The van der Waals surface area contributed by atoms with E-state index in [1.165, 1.54) is 25.7 Å². The van der Waals surface area contributed by atoms with Crippen LogP contribution in [-0.2, 0) is 4.74 Å². The Hall–Kier alpha value is -1.40. The summed E-state index contributed by atoms with van der Waals surface area (Å²) in [5.41, 5.74) is 0. The van der Waals surface area contributed by atoms with E-state index in [2.05, 4.69) is 20.2 Å². The van der Waals surface area contributed by atoms with Crippen LogP contribution < -0.4 is 10.1 Å². The average molecular weight is 278 g/mol. The molecule has 0 spiro atoms. The van der Waals surface area contributed by atoms with Crippen molar-refractivity contribution in [3.63, 3.8) is 0 Å². The van der Waals surface area contributed by atoms with E-state index in [9.17, 15) is 0 Å². The van der Waals surface area contributed by atoms with Gasteiger partial charge in [0.15, 0.2) is 0 Å². The molecule has 2 aliphatic heterocycles. The quantitative estimate of drug-likeness (QED) is 0.872. The first-order valence-electron chi connectivity index (χ1n) is 7.39. The Labute approximate surface area is 119 Å². The van der Waals surface area contributed by atoms with Crippen LogP contribution in [0.2, 0.25) is 0 Å². The molecule has 0 aromatic carbocycles. The Balaban J connectivity index is 1.50. The van der Waals surface area contributed by atoms with Gasteiger partial charge in [-0.15, -0.1) is 0 Å². The predicted octanol–water partition coefficient (Wildman–Crippen LogP) is 1.15. The highest BCUT2D eigenvalue weighted by Crippen LogP contribution is 2.22. The number of nitrogens with zero attached hydrogens (tertiary/aromatic N) is 3. The summed E-state index contributed by atoms with van der Waals surface area (Å²) in [6.07, 6.45) is 4.34. The highest BCUT2D eigenvalue weighted by Gasteiger charge is 2.31. The molecule has 6 heteroatoms. The van der Waals surface area contributed by atoms with Gasteiger partial charge >= 0.3 is 0 Å². The summed E-state index contributed by atoms with van der Waals surface area (Å²) < 4.78 is 11.3. The van der Waals surface area contributed by atoms with Crippen molar-refractivity contribution in [2.75, 3.05) is 38.2 Å². The first-order valence-corrected chi connectivity index (χ1v) is 7.39. The fourth-order valence-corrected chi connectivity index (χ4v) is 2.89. The largest absolute Gasteiger partial charge is 0.478 e. The minimum Gasteiger partial charge on any atom is -0.478 e. The summed E-state index contributed by atoms with van der Waals surface area (Å²) in [5.74, 6) is 1.39. The van der Waals surface area contributed by atoms with Gasteiger partial charge in [-0.25, -0.2) is 9.97 Å². The molecule has 0 aliphatic carbocycles. The molecule has 2 atom stereocenters. The van der Waals surface area contributed by atoms with Crippen molar-refractivity contribution in [1.82, 2.24) is 14.9 Å². The molecule has 3 rings (SSSR count). The van der Waals surface area contributed by atoms with Gasteiger partial charge in [-0.05, 0) is 26.3 Å². The Kier molecular flexibility index (Phi) is 4.32. The van der Waals surface area contributed by atoms with Crippen molar-refractivity contribution >= 4 is 5.82 Å². The number of hydrogen-bond acceptors (Lipinski definition) is 6. The molecule has 0 radical (unpaired) electrons. The van der Waals surface area contributed by atoms with E-state index in [1.54, 1.807) is 0 Å². The lowest BCUT2D eigenvalue weighted by atomic mass is 10.2. The zero-order valence-electron chi connectivity index (χ0n) is 11.9. The predicted molar refractivity (Wildman–Crippen MR) is 76.0 cm³/mol. The SMILES string of the molecule is CCOc1cc(NCC2CN3CCCC3CO2)ncn1. The molecule has 2 fully saturated rings. The average Bonchev–Trinajstić information content (AvgIpc) is 2.93. The van der Waals surface area contributed by atoms with Crippen molar-refractivity contribution in [3.05, 3.63) is 12.4 Å². The zero-order valence-corrected chi connectivity index (χ0v) is 11.9. The molecular formula is C14H22N4O2. The van der Waals surface area contributed by atoms with E-state index in [-0.39, 0.29) is 6.10 Å². The maximum Gasteiger partial charge on any atom is 0.218 e. The molecule has 110 valence electrons. The standard InChI is InChI=1S/C14H22N4O2/c1-2-19-14-6-13(16-10-17-14)15-7-12-8-18-5-3-4-11(18)9-20-12/h6,10-12H,2-5,7-9H2,1H3,(H,15,16,17). The number of morpholine rings is 1. The lowest BCUT2D eigenvalue weighted by molar-refractivity contribution is -0.0416. The Morgan fingerprint density at radius 1 is 1.50 bits per heavy atom. The van der Waals surface area contributed by atoms with Gasteiger partial charge in [-0.3, -0.25) is 4.90 Å². The number of hydrogen-bond donors (Lipinski definition) is 1. The van der Waals surface area contributed by atoms with Crippen molar-refractivity contribution in [3.8, 4) is 5.88 Å². The van der Waals surface area contributed by atoms with E-state index in [0.29, 0.717) is 18.5 Å². The van der Waals surface area contributed by atoms with Crippen LogP contribution in [0.4, 0.5) is 5.82 Å². The lowest BCUT2D eigenvalue weighted by Crippen LogP contribution is -2.48. The van der Waals surface area contributed by atoms with Crippen molar-refractivity contribution in [2.45, 2.75) is 31.9 Å². The van der Waals surface area contributed by atoms with E-state index in [4.69, 9.17) is 9.47 Å². The molecule has 1 N–H and O–H groups in total. The number of anilines is 1. The molecule has 2 unspecified atom stereocenters. The second-order valence-corrected chi connectivity index (χ2v) is 5.30. The Morgan fingerprint density at radius 2 is 2.45 bits per heavy atom. The monoisotopic (exact) mass is 278 g/mol. The van der Waals surface area contributed by atoms with Gasteiger partial charge in [0.2, 0.25) is 5.88 Å². The number of rotatable bonds is 5. The smallest absolute Gasteiger partial charge is 0.218 e. The number of fused-ring (bicyclic) bond motifs is 1. The van der Waals surface area contributed by atoms with Crippen LogP contribution in [0.1, 0.15) is 19.8 Å². The third kappa shape index (κ3) is 3.19. The van der Waals surface area contributed by atoms with Gasteiger partial charge in [-0.2, -0.15) is 0 Å². The maximum absolute atomic E-state index is 5.91. The third-order valence-corrected chi connectivity index (χ3v) is 3.91. The summed E-state index contributed by atoms with van der Waals surface area (Å²) >= 11 is 0. The highest BCUT2D eigenvalue weighted by atomic mass is 16.5. The Bertz CT molecular complexity index is 443. The minimum absolute atomic E-state index is 0.231. The number of aromatic nitrogens is 2. The van der Waals surface area contributed by atoms with Crippen LogP contribution >= 0.6 is 0 Å². The third-order valence-electron chi connectivity index (χ3n) is 3.91. The number of ether oxygens (including phenoxy) is 2. The highest BCUT2D eigenvalue weighted by molar-refractivity contribution is 5.37. The van der Waals surface area contributed by atoms with Crippen LogP contribution in [-0.4, -0.2) is 59.9 Å². The van der Waals surface area contributed by atoms with Crippen molar-refractivity contribution in [1.29, 1.82) is 0 Å². The van der Waals surface area contributed by atoms with E-state index >= 15 is 0 Å². The van der Waals surface area contributed by atoms with Gasteiger partial charge in [0, 0.05) is 25.2 Å². The lowest BCUT2D eigenvalue weighted by Gasteiger charge is -2.35. The van der Waals surface area contributed by atoms with Crippen molar-refractivity contribution < 1.29 is 9.47 Å². The van der Waals surface area contributed by atoms with Gasteiger partial charge in [0.1, 0.15) is 12.1 Å². The first kappa shape index (κ1) is 13.6. The summed E-state index contributed by atoms with van der Waals surface area (Å²) in [6.45, 7) is 6.41. The molecule has 2 aliphatic rings. The van der Waals surface area contributed by atoms with E-state index in [0.717, 1.165) is 25.5 Å². The fourth-order valence-electron chi connectivity index (χ4n) is 2.89. The number of nitrogens with one attached hydrogen (secondary N) is 1. The molecular weight excluding hydrogens is 256 g/mol. The van der Waals surface area contributed by atoms with Crippen LogP contribution in [0.25, 0.3) is 0 Å². The van der Waals surface area contributed by atoms with Gasteiger partial charge in [0.05, 0.1) is 19.3 Å². The second kappa shape index (κ2) is 6.37. The molecule has 1 aromatic rings. The molecule has 2 saturated heterocycles. The van der Waals surface area contributed by atoms with Gasteiger partial charge < -0.3 is 14.8 Å². The van der Waals surface area contributed by atoms with Crippen LogP contribution in [0.15, 0.2) is 12.4 Å². The van der Waals surface area contributed by atoms with Crippen LogP contribution in [0.3, 0.4) is 0 Å². The maximum atomic E-state index is 5.91. The molecule has 0 bridgehead atoms. The molecule has 6 nitrogen and oxygen atoms in total. The zero-order chi connectivity index (χ0) is 13.8. The molecule has 3 heterocycles. The van der Waals surface area contributed by atoms with E-state index < -0.39 is 0 Å². The topological polar surface area (TPSA) is 59.5 Å². The molecule has 0 saturated carbocycles. The second-order valence-electron chi connectivity index (χ2n) is 5.30.